The standard InChI is InChI=1S/C17H21NS/c18-16(8-7-14-9-12-19-13-14)17(10-4-11-17)15-5-2-1-3-6-15/h1-3,5-6,9,12-13,16H,4,7-8,10-11,18H2. The summed E-state index contributed by atoms with van der Waals surface area (Å²) < 4.78 is 0. The van der Waals surface area contributed by atoms with Gasteiger partial charge in [0.05, 0.1) is 0 Å². The van der Waals surface area contributed by atoms with Gasteiger partial charge >= 0.3 is 0 Å². The molecule has 1 aromatic carbocycles. The molecule has 100 valence electrons. The van der Waals surface area contributed by atoms with Gasteiger partial charge in [-0.3, -0.25) is 0 Å². The van der Waals surface area contributed by atoms with Gasteiger partial charge in [-0.05, 0) is 53.6 Å². The minimum Gasteiger partial charge on any atom is -0.327 e. The molecule has 2 N–H and O–H groups in total. The summed E-state index contributed by atoms with van der Waals surface area (Å²) in [6.45, 7) is 0. The number of hydrogen-bond donors (Lipinski definition) is 1. The summed E-state index contributed by atoms with van der Waals surface area (Å²) in [7, 11) is 0. The van der Waals surface area contributed by atoms with Crippen LogP contribution in [0.15, 0.2) is 47.2 Å². The van der Waals surface area contributed by atoms with Crippen LogP contribution in [0.4, 0.5) is 0 Å². The highest BCUT2D eigenvalue weighted by Crippen LogP contribution is 2.46. The molecule has 19 heavy (non-hydrogen) atoms. The Hall–Kier alpha value is -1.12. The van der Waals surface area contributed by atoms with Gasteiger partial charge in [0.25, 0.3) is 0 Å². The van der Waals surface area contributed by atoms with Gasteiger partial charge in [0.2, 0.25) is 0 Å². The fraction of sp³-hybridized carbons (Fsp3) is 0.412. The van der Waals surface area contributed by atoms with Crippen molar-refractivity contribution in [3.05, 3.63) is 58.3 Å². The second-order valence-electron chi connectivity index (χ2n) is 5.65. The molecule has 0 aliphatic heterocycles. The first-order valence-electron chi connectivity index (χ1n) is 7.13. The van der Waals surface area contributed by atoms with Crippen molar-refractivity contribution >= 4 is 11.3 Å². The Bertz CT molecular complexity index is 499. The van der Waals surface area contributed by atoms with Crippen LogP contribution in [0.5, 0.6) is 0 Å². The van der Waals surface area contributed by atoms with Crippen LogP contribution in [-0.2, 0) is 11.8 Å². The SMILES string of the molecule is NC(CCc1ccsc1)C1(c2ccccc2)CCC1. The second-order valence-corrected chi connectivity index (χ2v) is 6.43. The Morgan fingerprint density at radius 3 is 2.53 bits per heavy atom. The topological polar surface area (TPSA) is 26.0 Å². The quantitative estimate of drug-likeness (QED) is 0.869. The maximum absolute atomic E-state index is 6.57. The van der Waals surface area contributed by atoms with Gasteiger partial charge in [0.1, 0.15) is 0 Å². The first-order chi connectivity index (χ1) is 9.31. The van der Waals surface area contributed by atoms with Gasteiger partial charge in [-0.15, -0.1) is 0 Å². The normalized spacial score (nSPS) is 18.8. The average molecular weight is 271 g/mol. The van der Waals surface area contributed by atoms with Crippen LogP contribution in [0.3, 0.4) is 0 Å². The van der Waals surface area contributed by atoms with Crippen molar-refractivity contribution in [3.63, 3.8) is 0 Å². The van der Waals surface area contributed by atoms with Crippen molar-refractivity contribution in [3.8, 4) is 0 Å². The lowest BCUT2D eigenvalue weighted by Gasteiger charge is -2.47. The molecular weight excluding hydrogens is 250 g/mol. The van der Waals surface area contributed by atoms with Crippen LogP contribution in [0.1, 0.15) is 36.8 Å². The highest BCUT2D eigenvalue weighted by molar-refractivity contribution is 7.07. The van der Waals surface area contributed by atoms with Gasteiger partial charge in [-0.1, -0.05) is 36.8 Å². The van der Waals surface area contributed by atoms with Crippen molar-refractivity contribution < 1.29 is 0 Å². The minimum atomic E-state index is 0.247. The highest BCUT2D eigenvalue weighted by atomic mass is 32.1. The Morgan fingerprint density at radius 1 is 1.16 bits per heavy atom. The van der Waals surface area contributed by atoms with Crippen LogP contribution in [-0.4, -0.2) is 6.04 Å². The lowest BCUT2D eigenvalue weighted by atomic mass is 9.59. The van der Waals surface area contributed by atoms with Crippen LogP contribution < -0.4 is 5.73 Å². The summed E-state index contributed by atoms with van der Waals surface area (Å²) in [6, 6.07) is 13.4. The molecule has 1 fully saturated rings. The Balaban J connectivity index is 1.71. The summed E-state index contributed by atoms with van der Waals surface area (Å²) >= 11 is 1.77. The molecule has 3 rings (SSSR count). The Kier molecular flexibility index (Phi) is 3.72. The number of thiophene rings is 1. The predicted molar refractivity (Wildman–Crippen MR) is 82.6 cm³/mol. The molecule has 0 amide bonds. The average Bonchev–Trinajstić information content (AvgIpc) is 2.89. The molecule has 0 saturated heterocycles. The van der Waals surface area contributed by atoms with Crippen LogP contribution in [0.25, 0.3) is 0 Å². The van der Waals surface area contributed by atoms with Crippen molar-refractivity contribution in [2.24, 2.45) is 5.73 Å². The van der Waals surface area contributed by atoms with Crippen LogP contribution >= 0.6 is 11.3 Å². The summed E-state index contributed by atoms with van der Waals surface area (Å²) in [4.78, 5) is 0. The third-order valence-electron chi connectivity index (χ3n) is 4.63. The zero-order valence-electron chi connectivity index (χ0n) is 11.2. The van der Waals surface area contributed by atoms with E-state index in [0.29, 0.717) is 0 Å². The van der Waals surface area contributed by atoms with E-state index in [9.17, 15) is 0 Å². The summed E-state index contributed by atoms with van der Waals surface area (Å²) in [5.41, 5.74) is 9.69. The number of aryl methyl sites for hydroxylation is 1. The maximum Gasteiger partial charge on any atom is 0.0139 e. The number of hydrogen-bond acceptors (Lipinski definition) is 2. The molecule has 1 aromatic heterocycles. The van der Waals surface area contributed by atoms with E-state index in [2.05, 4.69) is 47.2 Å². The third-order valence-corrected chi connectivity index (χ3v) is 5.36. The lowest BCUT2D eigenvalue weighted by molar-refractivity contribution is 0.188. The smallest absolute Gasteiger partial charge is 0.0139 e. The van der Waals surface area contributed by atoms with E-state index >= 15 is 0 Å². The number of nitrogens with two attached hydrogens (primary N) is 1. The monoisotopic (exact) mass is 271 g/mol. The van der Waals surface area contributed by atoms with E-state index in [-0.39, 0.29) is 11.5 Å². The Labute approximate surface area is 119 Å². The molecule has 0 bridgehead atoms. The van der Waals surface area contributed by atoms with E-state index in [1.165, 1.54) is 30.4 Å². The molecule has 1 atom stereocenters. The van der Waals surface area contributed by atoms with Gasteiger partial charge in [-0.25, -0.2) is 0 Å². The van der Waals surface area contributed by atoms with E-state index in [0.717, 1.165) is 12.8 Å². The fourth-order valence-corrected chi connectivity index (χ4v) is 3.94. The third kappa shape index (κ3) is 2.47. The summed E-state index contributed by atoms with van der Waals surface area (Å²) in [6.07, 6.45) is 6.02. The predicted octanol–water partition coefficient (Wildman–Crippen LogP) is 4.13. The first kappa shape index (κ1) is 12.9. The molecule has 1 heterocycles. The van der Waals surface area contributed by atoms with Gasteiger partial charge in [0, 0.05) is 11.5 Å². The summed E-state index contributed by atoms with van der Waals surface area (Å²) in [5, 5.41) is 4.39. The second kappa shape index (κ2) is 5.48. The van der Waals surface area contributed by atoms with Gasteiger partial charge in [0.15, 0.2) is 0 Å². The molecule has 2 heteroatoms. The molecule has 0 spiro atoms. The van der Waals surface area contributed by atoms with Gasteiger partial charge < -0.3 is 5.73 Å². The van der Waals surface area contributed by atoms with Crippen molar-refractivity contribution in [2.75, 3.05) is 0 Å². The zero-order valence-corrected chi connectivity index (χ0v) is 12.0. The molecular formula is C17H21NS. The van der Waals surface area contributed by atoms with Gasteiger partial charge in [-0.2, -0.15) is 11.3 Å². The van der Waals surface area contributed by atoms with E-state index in [1.807, 2.05) is 0 Å². The minimum absolute atomic E-state index is 0.247. The first-order valence-corrected chi connectivity index (χ1v) is 8.08. The molecule has 1 aliphatic rings. The molecule has 2 aromatic rings. The zero-order chi connectivity index (χ0) is 13.1. The summed E-state index contributed by atoms with van der Waals surface area (Å²) in [5.74, 6) is 0. The van der Waals surface area contributed by atoms with Crippen molar-refractivity contribution in [1.29, 1.82) is 0 Å². The molecule has 1 nitrogen and oxygen atoms in total. The van der Waals surface area contributed by atoms with E-state index in [4.69, 9.17) is 5.73 Å². The largest absolute Gasteiger partial charge is 0.327 e. The fourth-order valence-electron chi connectivity index (χ4n) is 3.23. The van der Waals surface area contributed by atoms with Crippen molar-refractivity contribution in [1.82, 2.24) is 0 Å². The van der Waals surface area contributed by atoms with E-state index in [1.54, 1.807) is 11.3 Å². The lowest BCUT2D eigenvalue weighted by Crippen LogP contribution is -2.50. The Morgan fingerprint density at radius 2 is 1.95 bits per heavy atom. The number of rotatable bonds is 5. The van der Waals surface area contributed by atoms with E-state index < -0.39 is 0 Å². The number of benzene rings is 1. The molecule has 1 saturated carbocycles. The van der Waals surface area contributed by atoms with Crippen molar-refractivity contribution in [2.45, 2.75) is 43.6 Å². The highest BCUT2D eigenvalue weighted by Gasteiger charge is 2.43. The molecule has 1 aliphatic carbocycles. The van der Waals surface area contributed by atoms with Crippen LogP contribution in [0, 0.1) is 0 Å². The molecule has 1 unspecified atom stereocenters. The van der Waals surface area contributed by atoms with Crippen LogP contribution in [0.2, 0.25) is 0 Å². The molecule has 0 radical (unpaired) electrons. The maximum atomic E-state index is 6.57.